The van der Waals surface area contributed by atoms with Crippen molar-refractivity contribution in [2.75, 3.05) is 14.1 Å². The van der Waals surface area contributed by atoms with E-state index in [2.05, 4.69) is 11.7 Å². The van der Waals surface area contributed by atoms with Crippen LogP contribution in [-0.2, 0) is 0 Å². The van der Waals surface area contributed by atoms with Crippen molar-refractivity contribution < 1.29 is 4.39 Å². The molecule has 0 saturated carbocycles. The smallest absolute Gasteiger partial charge is 0.128 e. The van der Waals surface area contributed by atoms with Gasteiger partial charge in [-0.15, -0.1) is 0 Å². The van der Waals surface area contributed by atoms with Crippen molar-refractivity contribution in [3.05, 3.63) is 35.7 Å². The first-order chi connectivity index (χ1) is 7.00. The molecule has 1 aliphatic rings. The lowest BCUT2D eigenvalue weighted by atomic mass is 10.0. The van der Waals surface area contributed by atoms with E-state index in [0.717, 1.165) is 5.57 Å². The van der Waals surface area contributed by atoms with Gasteiger partial charge >= 0.3 is 0 Å². The fraction of sp³-hybridized carbons (Fsp3) is 0.417. The van der Waals surface area contributed by atoms with E-state index in [0.29, 0.717) is 11.3 Å². The molecule has 0 radical (unpaired) electrons. The van der Waals surface area contributed by atoms with Gasteiger partial charge in [-0.1, -0.05) is 20.4 Å². The van der Waals surface area contributed by atoms with Gasteiger partial charge < -0.3 is 5.01 Å². The van der Waals surface area contributed by atoms with E-state index in [4.69, 9.17) is 0 Å². The van der Waals surface area contributed by atoms with Gasteiger partial charge in [0.05, 0.1) is 5.71 Å². The molecule has 2 nitrogen and oxygen atoms in total. The van der Waals surface area contributed by atoms with Crippen LogP contribution in [0.5, 0.6) is 0 Å². The number of halogens is 1. The summed E-state index contributed by atoms with van der Waals surface area (Å²) in [4.78, 5) is 0. The van der Waals surface area contributed by atoms with E-state index >= 15 is 0 Å². The average molecular weight is 210 g/mol. The molecule has 0 N–H and O–H groups in total. The molecule has 0 saturated heterocycles. The summed E-state index contributed by atoms with van der Waals surface area (Å²) >= 11 is 0. The van der Waals surface area contributed by atoms with E-state index < -0.39 is 0 Å². The predicted molar refractivity (Wildman–Crippen MR) is 64.6 cm³/mol. The number of nitrogens with zero attached hydrogens (tertiary/aromatic N) is 2. The Kier molecular flexibility index (Phi) is 5.60. The van der Waals surface area contributed by atoms with Crippen LogP contribution < -0.4 is 0 Å². The Bertz CT molecular complexity index is 323. The lowest BCUT2D eigenvalue weighted by molar-refractivity contribution is 0.438. The molecular formula is C12H19FN2. The Balaban J connectivity index is 0.000000921. The molecule has 1 aliphatic carbocycles. The fourth-order valence-electron chi connectivity index (χ4n) is 1.04. The van der Waals surface area contributed by atoms with Crippen LogP contribution in [0.2, 0.25) is 0 Å². The molecule has 0 amide bonds. The zero-order valence-corrected chi connectivity index (χ0v) is 10.1. The topological polar surface area (TPSA) is 15.6 Å². The Labute approximate surface area is 91.5 Å². The van der Waals surface area contributed by atoms with Crippen molar-refractivity contribution in [1.82, 2.24) is 5.01 Å². The highest BCUT2D eigenvalue weighted by molar-refractivity contribution is 6.11. The zero-order chi connectivity index (χ0) is 12.0. The lowest BCUT2D eigenvalue weighted by Gasteiger charge is -2.12. The van der Waals surface area contributed by atoms with Crippen LogP contribution in [0.25, 0.3) is 0 Å². The molecule has 0 aliphatic heterocycles. The van der Waals surface area contributed by atoms with Gasteiger partial charge in [0.2, 0.25) is 0 Å². The van der Waals surface area contributed by atoms with Crippen molar-refractivity contribution in [2.45, 2.75) is 20.8 Å². The van der Waals surface area contributed by atoms with Crippen LogP contribution in [0.3, 0.4) is 0 Å². The molecule has 15 heavy (non-hydrogen) atoms. The Morgan fingerprint density at radius 2 is 1.80 bits per heavy atom. The first kappa shape index (κ1) is 13.6. The fourth-order valence-corrected chi connectivity index (χ4v) is 1.04. The molecule has 0 atom stereocenters. The largest absolute Gasteiger partial charge is 0.303 e. The summed E-state index contributed by atoms with van der Waals surface area (Å²) in [5, 5.41) is 5.72. The molecule has 1 rings (SSSR count). The summed E-state index contributed by atoms with van der Waals surface area (Å²) < 4.78 is 13.1. The van der Waals surface area contributed by atoms with Gasteiger partial charge in [0, 0.05) is 20.2 Å². The van der Waals surface area contributed by atoms with E-state index in [1.807, 2.05) is 13.8 Å². The normalized spacial score (nSPS) is 17.7. The molecular weight excluding hydrogens is 191 g/mol. The van der Waals surface area contributed by atoms with E-state index in [9.17, 15) is 4.39 Å². The second-order valence-corrected chi connectivity index (χ2v) is 3.18. The Morgan fingerprint density at radius 1 is 1.27 bits per heavy atom. The lowest BCUT2D eigenvalue weighted by Crippen LogP contribution is -2.10. The van der Waals surface area contributed by atoms with Crippen LogP contribution in [0.4, 0.5) is 4.39 Å². The Morgan fingerprint density at radius 3 is 2.27 bits per heavy atom. The summed E-state index contributed by atoms with van der Waals surface area (Å²) in [5.74, 6) is -0.243. The molecule has 3 heteroatoms. The number of allylic oxidation sites excluding steroid dienone is 5. The zero-order valence-electron chi connectivity index (χ0n) is 10.1. The van der Waals surface area contributed by atoms with Crippen LogP contribution in [0.15, 0.2) is 40.8 Å². The molecule has 0 aromatic rings. The second kappa shape index (κ2) is 6.17. The maximum atomic E-state index is 13.1. The summed E-state index contributed by atoms with van der Waals surface area (Å²) in [6, 6.07) is 0. The van der Waals surface area contributed by atoms with Crippen molar-refractivity contribution in [1.29, 1.82) is 0 Å². The molecule has 0 spiro atoms. The third-order valence-electron chi connectivity index (χ3n) is 1.67. The summed E-state index contributed by atoms with van der Waals surface area (Å²) in [6.45, 7) is 9.50. The maximum Gasteiger partial charge on any atom is 0.128 e. The van der Waals surface area contributed by atoms with Crippen LogP contribution in [0, 0.1) is 0 Å². The third-order valence-corrected chi connectivity index (χ3v) is 1.67. The van der Waals surface area contributed by atoms with Gasteiger partial charge in [-0.3, -0.25) is 0 Å². The quantitative estimate of drug-likeness (QED) is 0.606. The molecule has 0 aromatic carbocycles. The minimum Gasteiger partial charge on any atom is -0.303 e. The molecule has 0 aromatic heterocycles. The minimum atomic E-state index is -0.243. The standard InChI is InChI=1S/C10H13FN2.C2H6/c1-7-5-8(2)10(6-9(7)11)12-13(3)4;1-2/h5-6H,2H2,1,3-4H3;1-2H3/b12-10-;. The van der Waals surface area contributed by atoms with Gasteiger partial charge in [-0.25, -0.2) is 4.39 Å². The van der Waals surface area contributed by atoms with Gasteiger partial charge in [0.15, 0.2) is 0 Å². The second-order valence-electron chi connectivity index (χ2n) is 3.18. The van der Waals surface area contributed by atoms with Crippen LogP contribution in [-0.4, -0.2) is 24.8 Å². The van der Waals surface area contributed by atoms with Crippen molar-refractivity contribution in [3.63, 3.8) is 0 Å². The number of hydrazone groups is 1. The van der Waals surface area contributed by atoms with Crippen molar-refractivity contribution in [3.8, 4) is 0 Å². The van der Waals surface area contributed by atoms with Crippen LogP contribution >= 0.6 is 0 Å². The molecule has 0 unspecified atom stereocenters. The number of hydrogen-bond donors (Lipinski definition) is 0. The van der Waals surface area contributed by atoms with Gasteiger partial charge in [-0.05, 0) is 24.1 Å². The maximum absolute atomic E-state index is 13.1. The van der Waals surface area contributed by atoms with Crippen LogP contribution in [0.1, 0.15) is 20.8 Å². The average Bonchev–Trinajstić information content (AvgIpc) is 2.17. The van der Waals surface area contributed by atoms with E-state index in [-0.39, 0.29) is 5.83 Å². The highest BCUT2D eigenvalue weighted by Crippen LogP contribution is 2.20. The third kappa shape index (κ3) is 4.11. The van der Waals surface area contributed by atoms with E-state index in [1.54, 1.807) is 32.1 Å². The Hall–Kier alpha value is -1.38. The summed E-state index contributed by atoms with van der Waals surface area (Å²) in [6.07, 6.45) is 3.09. The highest BCUT2D eigenvalue weighted by Gasteiger charge is 2.11. The first-order valence-corrected chi connectivity index (χ1v) is 5.02. The SMILES string of the molecule is C=C1C=C(C)C(F)=C/C1=N/N(C)C.CC. The summed E-state index contributed by atoms with van der Waals surface area (Å²) in [5.41, 5.74) is 1.92. The molecule has 84 valence electrons. The monoisotopic (exact) mass is 210 g/mol. The minimum absolute atomic E-state index is 0.243. The molecule has 0 bridgehead atoms. The van der Waals surface area contributed by atoms with Crippen molar-refractivity contribution in [2.24, 2.45) is 5.10 Å². The van der Waals surface area contributed by atoms with Gasteiger partial charge in [0.1, 0.15) is 5.83 Å². The van der Waals surface area contributed by atoms with E-state index in [1.165, 1.54) is 6.08 Å². The summed E-state index contributed by atoms with van der Waals surface area (Å²) in [7, 11) is 3.58. The highest BCUT2D eigenvalue weighted by atomic mass is 19.1. The predicted octanol–water partition coefficient (Wildman–Crippen LogP) is 3.30. The van der Waals surface area contributed by atoms with Gasteiger partial charge in [-0.2, -0.15) is 5.10 Å². The van der Waals surface area contributed by atoms with Gasteiger partial charge in [0.25, 0.3) is 0 Å². The number of hydrogen-bond acceptors (Lipinski definition) is 2. The molecule has 0 fully saturated rings. The molecule has 0 heterocycles. The van der Waals surface area contributed by atoms with Crippen molar-refractivity contribution >= 4 is 5.71 Å². The number of rotatable bonds is 1. The first-order valence-electron chi connectivity index (χ1n) is 5.02.